The van der Waals surface area contributed by atoms with Crippen molar-refractivity contribution in [3.63, 3.8) is 0 Å². The molecule has 0 spiro atoms. The van der Waals surface area contributed by atoms with Crippen LogP contribution in [0.1, 0.15) is 180 Å². The van der Waals surface area contributed by atoms with Crippen molar-refractivity contribution in [1.82, 2.24) is 10.2 Å². The summed E-state index contributed by atoms with van der Waals surface area (Å²) < 4.78 is 76.9. The first-order chi connectivity index (χ1) is 35.3. The van der Waals surface area contributed by atoms with Gasteiger partial charge in [0.1, 0.15) is 0 Å². The number of hydrogen-bond donors (Lipinski definition) is 3. The highest BCUT2D eigenvalue weighted by Crippen LogP contribution is 2.32. The highest BCUT2D eigenvalue weighted by molar-refractivity contribution is 6.37. The normalized spacial score (nSPS) is 11.1. The molecule has 0 saturated heterocycles. The summed E-state index contributed by atoms with van der Waals surface area (Å²) in [4.78, 5) is 61.4. The van der Waals surface area contributed by atoms with E-state index in [0.29, 0.717) is 28.8 Å². The molecule has 16 heteroatoms. The maximum absolute atomic E-state index is 12.9. The summed E-state index contributed by atoms with van der Waals surface area (Å²) in [7, 11) is 0. The second-order valence-corrected chi connectivity index (χ2v) is 18.3. The molecule has 74 heavy (non-hydrogen) atoms. The van der Waals surface area contributed by atoms with E-state index in [0.717, 1.165) is 83.9 Å². The predicted molar refractivity (Wildman–Crippen MR) is 275 cm³/mol. The SMILES string of the molecule is CCCCCCCCCCC#Cc1ccc(CN(Cc2ccc(C(F)(F)F)cc2)C(=O)C(=O)O)cc1.CCCCCCCCCCCCNC(=O)c1ccc(CN(C(=O)C(=O)O)c2ccc(C(F)(F)F)cc2)cc1. The average molecular weight is 1040 g/mol. The van der Waals surface area contributed by atoms with Gasteiger partial charge in [0, 0.05) is 42.9 Å². The number of hydrogen-bond acceptors (Lipinski definition) is 5. The number of anilines is 1. The Bertz CT molecular complexity index is 2380. The largest absolute Gasteiger partial charge is 0.474 e. The number of nitrogens with one attached hydrogen (secondary N) is 1. The number of halogens is 6. The number of alkyl halides is 6. The number of unbranched alkanes of at least 4 members (excludes halogenated alkanes) is 17. The number of rotatable bonds is 27. The third kappa shape index (κ3) is 23.9. The summed E-state index contributed by atoms with van der Waals surface area (Å²) in [5, 5.41) is 21.2. The van der Waals surface area contributed by atoms with Crippen LogP contribution in [0.4, 0.5) is 32.0 Å². The molecule has 0 saturated carbocycles. The number of nitrogens with zero attached hydrogens (tertiary/aromatic N) is 2. The van der Waals surface area contributed by atoms with E-state index >= 15 is 0 Å². The molecule has 4 aromatic rings. The lowest BCUT2D eigenvalue weighted by Crippen LogP contribution is -2.36. The molecule has 4 aromatic carbocycles. The van der Waals surface area contributed by atoms with Crippen molar-refractivity contribution in [2.45, 2.75) is 168 Å². The topological polar surface area (TPSA) is 144 Å². The van der Waals surface area contributed by atoms with Crippen LogP contribution in [0.3, 0.4) is 0 Å². The molecule has 3 amide bonds. The van der Waals surface area contributed by atoms with E-state index in [1.165, 1.54) is 102 Å². The fourth-order valence-electron chi connectivity index (χ4n) is 7.87. The van der Waals surface area contributed by atoms with E-state index < -0.39 is 47.2 Å². The Kier molecular flexibility index (Phi) is 27.7. The van der Waals surface area contributed by atoms with Crippen molar-refractivity contribution >= 4 is 35.3 Å². The van der Waals surface area contributed by atoms with Gasteiger partial charge >= 0.3 is 36.1 Å². The first kappa shape index (κ1) is 61.7. The molecule has 0 unspecified atom stereocenters. The zero-order valence-electron chi connectivity index (χ0n) is 42.6. The van der Waals surface area contributed by atoms with Crippen LogP contribution >= 0.6 is 0 Å². The van der Waals surface area contributed by atoms with Gasteiger partial charge in [-0.2, -0.15) is 26.3 Å². The molecular formula is C58H71F6N3O7. The van der Waals surface area contributed by atoms with Crippen molar-refractivity contribution in [2.75, 3.05) is 11.4 Å². The highest BCUT2D eigenvalue weighted by Gasteiger charge is 2.32. The Morgan fingerprint density at radius 3 is 1.32 bits per heavy atom. The fraction of sp³-hybridized carbons (Fsp3) is 0.466. The monoisotopic (exact) mass is 1040 g/mol. The number of carboxylic acid groups (broad SMARTS) is 2. The maximum Gasteiger partial charge on any atom is 0.416 e. The van der Waals surface area contributed by atoms with Crippen molar-refractivity contribution in [3.05, 3.63) is 136 Å². The van der Waals surface area contributed by atoms with E-state index in [1.807, 2.05) is 12.1 Å². The molecule has 0 aromatic heterocycles. The highest BCUT2D eigenvalue weighted by atomic mass is 19.4. The second-order valence-electron chi connectivity index (χ2n) is 18.3. The molecule has 0 fully saturated rings. The van der Waals surface area contributed by atoms with Gasteiger partial charge in [-0.05, 0) is 90.2 Å². The predicted octanol–water partition coefficient (Wildman–Crippen LogP) is 14.2. The van der Waals surface area contributed by atoms with Gasteiger partial charge in [0.25, 0.3) is 5.91 Å². The Balaban J connectivity index is 0.000000391. The molecular weight excluding hydrogens is 965 g/mol. The van der Waals surface area contributed by atoms with Gasteiger partial charge in [-0.25, -0.2) is 9.59 Å². The zero-order valence-corrected chi connectivity index (χ0v) is 42.6. The minimum Gasteiger partial charge on any atom is -0.474 e. The molecule has 4 rings (SSSR count). The lowest BCUT2D eigenvalue weighted by molar-refractivity contribution is -0.156. The van der Waals surface area contributed by atoms with Gasteiger partial charge in [-0.15, -0.1) is 0 Å². The van der Waals surface area contributed by atoms with E-state index in [1.54, 1.807) is 36.4 Å². The van der Waals surface area contributed by atoms with Crippen LogP contribution in [0.15, 0.2) is 97.1 Å². The number of benzene rings is 4. The minimum absolute atomic E-state index is 0.0120. The summed E-state index contributed by atoms with van der Waals surface area (Å²) in [6.07, 6.45) is 13.9. The minimum atomic E-state index is -4.55. The first-order valence-electron chi connectivity index (χ1n) is 25.7. The number of aliphatic carboxylic acids is 2. The van der Waals surface area contributed by atoms with E-state index in [9.17, 15) is 55.4 Å². The number of carbonyl (C=O) groups is 5. The second kappa shape index (κ2) is 33.2. The molecule has 0 aliphatic rings. The van der Waals surface area contributed by atoms with Crippen LogP contribution in [0.5, 0.6) is 0 Å². The van der Waals surface area contributed by atoms with Crippen molar-refractivity contribution in [1.29, 1.82) is 0 Å². The molecule has 0 aliphatic carbocycles. The summed E-state index contributed by atoms with van der Waals surface area (Å²) in [6.45, 7) is 4.71. The third-order valence-electron chi connectivity index (χ3n) is 12.1. The number of carbonyl (C=O) groups excluding carboxylic acids is 3. The van der Waals surface area contributed by atoms with Crippen LogP contribution in [0.25, 0.3) is 0 Å². The molecule has 0 atom stereocenters. The van der Waals surface area contributed by atoms with Gasteiger partial charge in [0.15, 0.2) is 0 Å². The average Bonchev–Trinajstić information content (AvgIpc) is 3.37. The van der Waals surface area contributed by atoms with Crippen LogP contribution in [-0.2, 0) is 51.2 Å². The first-order valence-corrected chi connectivity index (χ1v) is 25.7. The number of carboxylic acids is 2. The van der Waals surface area contributed by atoms with E-state index in [-0.39, 0.29) is 31.2 Å². The molecule has 10 nitrogen and oxygen atoms in total. The Hall–Kier alpha value is -6.63. The molecule has 3 N–H and O–H groups in total. The molecule has 0 aliphatic heterocycles. The standard InChI is InChI=1S/C29H37F3N2O4.C29H34F3NO3/c1-2-3-4-5-6-7-8-9-10-11-20-33-26(35)23-14-12-22(13-15-23)21-34(27(36)28(37)38)25-18-16-24(17-19-25)29(30,31)32;1-2-3-4-5-6-7-8-9-10-11-12-23-13-15-24(16-14-23)21-33(27(34)28(35)36)22-25-17-19-26(20-18-25)29(30,31)32/h12-19H,2-11,20-21H2,1H3,(H,33,35)(H,37,38);13-20H,2-10,21-22H2,1H3,(H,35,36). The van der Waals surface area contributed by atoms with Gasteiger partial charge in [-0.3, -0.25) is 19.3 Å². The van der Waals surface area contributed by atoms with Gasteiger partial charge in [0.2, 0.25) is 0 Å². The van der Waals surface area contributed by atoms with E-state index in [2.05, 4.69) is 31.0 Å². The fourth-order valence-corrected chi connectivity index (χ4v) is 7.87. The molecule has 402 valence electrons. The maximum atomic E-state index is 12.9. The summed E-state index contributed by atoms with van der Waals surface area (Å²) >= 11 is 0. The van der Waals surface area contributed by atoms with E-state index in [4.69, 9.17) is 5.11 Å². The van der Waals surface area contributed by atoms with Crippen LogP contribution in [0.2, 0.25) is 0 Å². The smallest absolute Gasteiger partial charge is 0.416 e. The Labute approximate surface area is 431 Å². The van der Waals surface area contributed by atoms with Gasteiger partial charge in [-0.1, -0.05) is 165 Å². The van der Waals surface area contributed by atoms with Crippen LogP contribution < -0.4 is 10.2 Å². The summed E-state index contributed by atoms with van der Waals surface area (Å²) in [5.41, 5.74) is 1.18. The lowest BCUT2D eigenvalue weighted by atomic mass is 10.1. The van der Waals surface area contributed by atoms with Gasteiger partial charge < -0.3 is 20.4 Å². The Morgan fingerprint density at radius 1 is 0.486 bits per heavy atom. The molecule has 0 radical (unpaired) electrons. The molecule has 0 bridgehead atoms. The van der Waals surface area contributed by atoms with Gasteiger partial charge in [0.05, 0.1) is 17.7 Å². The Morgan fingerprint density at radius 2 is 0.878 bits per heavy atom. The van der Waals surface area contributed by atoms with Crippen molar-refractivity contribution < 1.29 is 60.5 Å². The zero-order chi connectivity index (χ0) is 54.4. The lowest BCUT2D eigenvalue weighted by Gasteiger charge is -2.21. The van der Waals surface area contributed by atoms with Crippen LogP contribution in [-0.4, -0.2) is 51.3 Å². The van der Waals surface area contributed by atoms with Crippen molar-refractivity contribution in [2.24, 2.45) is 0 Å². The van der Waals surface area contributed by atoms with Crippen LogP contribution in [0, 0.1) is 11.8 Å². The summed E-state index contributed by atoms with van der Waals surface area (Å²) in [6, 6.07) is 21.5. The summed E-state index contributed by atoms with van der Waals surface area (Å²) in [5.74, 6) is 0.334. The quantitative estimate of drug-likeness (QED) is 0.0233. The number of amides is 3. The third-order valence-corrected chi connectivity index (χ3v) is 12.1. The molecule has 0 heterocycles. The van der Waals surface area contributed by atoms with Crippen molar-refractivity contribution in [3.8, 4) is 11.8 Å².